The van der Waals surface area contributed by atoms with Gasteiger partial charge in [-0.1, -0.05) is 0 Å². The molecule has 0 unspecified atom stereocenters. The second kappa shape index (κ2) is 7.73. The Hall–Kier alpha value is -1.41. The summed E-state index contributed by atoms with van der Waals surface area (Å²) in [5, 5.41) is 14.9. The quantitative estimate of drug-likeness (QED) is 0.747. The van der Waals surface area contributed by atoms with Crippen molar-refractivity contribution in [3.63, 3.8) is 0 Å². The number of amides is 2. The standard InChI is InChI=1S/C14H19F3N2O2S/c1-13(21,7-8-22-2)9-18-12(20)19-11-5-3-10(4-6-11)14(15,16)17/h3-6,21H,7-9H2,1-2H3,(H2,18,19,20)/t13-/m0/s1. The Kier molecular flexibility index (Phi) is 6.55. The Morgan fingerprint density at radius 2 is 1.86 bits per heavy atom. The van der Waals surface area contributed by atoms with Gasteiger partial charge in [-0.25, -0.2) is 4.79 Å². The average molecular weight is 336 g/mol. The number of hydrogen-bond acceptors (Lipinski definition) is 3. The Morgan fingerprint density at radius 1 is 1.27 bits per heavy atom. The van der Waals surface area contributed by atoms with Crippen LogP contribution in [0.5, 0.6) is 0 Å². The lowest BCUT2D eigenvalue weighted by Gasteiger charge is -2.23. The number of anilines is 1. The van der Waals surface area contributed by atoms with E-state index < -0.39 is 23.4 Å². The van der Waals surface area contributed by atoms with Crippen LogP contribution < -0.4 is 10.6 Å². The molecule has 124 valence electrons. The number of rotatable bonds is 6. The van der Waals surface area contributed by atoms with Crippen molar-refractivity contribution < 1.29 is 23.1 Å². The molecular formula is C14H19F3N2O2S. The summed E-state index contributed by atoms with van der Waals surface area (Å²) in [6.45, 7) is 1.67. The van der Waals surface area contributed by atoms with Crippen LogP contribution >= 0.6 is 11.8 Å². The average Bonchev–Trinajstić information content (AvgIpc) is 2.43. The minimum atomic E-state index is -4.41. The molecule has 0 fully saturated rings. The molecule has 3 N–H and O–H groups in total. The minimum Gasteiger partial charge on any atom is -0.388 e. The number of alkyl halides is 3. The maximum atomic E-state index is 12.4. The molecule has 0 aliphatic carbocycles. The number of halogens is 3. The lowest BCUT2D eigenvalue weighted by atomic mass is 10.0. The molecule has 0 aromatic heterocycles. The summed E-state index contributed by atoms with van der Waals surface area (Å²) >= 11 is 1.59. The lowest BCUT2D eigenvalue weighted by Crippen LogP contribution is -2.42. The van der Waals surface area contributed by atoms with Gasteiger partial charge in [0.2, 0.25) is 0 Å². The van der Waals surface area contributed by atoms with E-state index in [-0.39, 0.29) is 12.2 Å². The SMILES string of the molecule is CSCC[C@](C)(O)CNC(=O)Nc1ccc(C(F)(F)F)cc1. The van der Waals surface area contributed by atoms with Crippen LogP contribution in [0.15, 0.2) is 24.3 Å². The van der Waals surface area contributed by atoms with Gasteiger partial charge in [0.05, 0.1) is 11.2 Å². The number of benzene rings is 1. The van der Waals surface area contributed by atoms with Crippen LogP contribution in [-0.2, 0) is 6.18 Å². The van der Waals surface area contributed by atoms with Gasteiger partial charge in [-0.2, -0.15) is 24.9 Å². The first-order valence-corrected chi connectivity index (χ1v) is 7.97. The predicted molar refractivity (Wildman–Crippen MR) is 82.1 cm³/mol. The predicted octanol–water partition coefficient (Wildman–Crippen LogP) is 3.33. The normalized spacial score (nSPS) is 14.3. The fourth-order valence-electron chi connectivity index (χ4n) is 1.60. The van der Waals surface area contributed by atoms with E-state index in [1.807, 2.05) is 6.26 Å². The molecule has 0 radical (unpaired) electrons. The molecule has 8 heteroatoms. The van der Waals surface area contributed by atoms with Crippen molar-refractivity contribution in [1.29, 1.82) is 0 Å². The van der Waals surface area contributed by atoms with Crippen LogP contribution in [0.4, 0.5) is 23.7 Å². The second-order valence-corrected chi connectivity index (χ2v) is 6.11. The van der Waals surface area contributed by atoms with Crippen LogP contribution in [0.3, 0.4) is 0 Å². The third-order valence-electron chi connectivity index (χ3n) is 2.94. The van der Waals surface area contributed by atoms with Gasteiger partial charge in [-0.05, 0) is 49.6 Å². The van der Waals surface area contributed by atoms with Gasteiger partial charge in [0.1, 0.15) is 0 Å². The number of hydrogen-bond donors (Lipinski definition) is 3. The highest BCUT2D eigenvalue weighted by Gasteiger charge is 2.30. The van der Waals surface area contributed by atoms with Crippen molar-refractivity contribution in [2.24, 2.45) is 0 Å². The number of thioether (sulfide) groups is 1. The molecule has 0 spiro atoms. The molecule has 1 rings (SSSR count). The Morgan fingerprint density at radius 3 is 2.36 bits per heavy atom. The molecule has 1 atom stereocenters. The first-order chi connectivity index (χ1) is 10.1. The van der Waals surface area contributed by atoms with Gasteiger partial charge in [0, 0.05) is 12.2 Å². The fourth-order valence-corrected chi connectivity index (χ4v) is 2.24. The van der Waals surface area contributed by atoms with Crippen LogP contribution in [0.2, 0.25) is 0 Å². The minimum absolute atomic E-state index is 0.0556. The molecule has 0 saturated heterocycles. The Bertz CT molecular complexity index is 490. The lowest BCUT2D eigenvalue weighted by molar-refractivity contribution is -0.137. The summed E-state index contributed by atoms with van der Waals surface area (Å²) in [6, 6.07) is 3.56. The fraction of sp³-hybridized carbons (Fsp3) is 0.500. The molecule has 0 saturated carbocycles. The highest BCUT2D eigenvalue weighted by molar-refractivity contribution is 7.98. The highest BCUT2D eigenvalue weighted by atomic mass is 32.2. The van der Waals surface area contributed by atoms with Crippen LogP contribution in [0.1, 0.15) is 18.9 Å². The van der Waals surface area contributed by atoms with Crippen LogP contribution in [0, 0.1) is 0 Å². The van der Waals surface area contributed by atoms with Gasteiger partial charge >= 0.3 is 12.2 Å². The maximum absolute atomic E-state index is 12.4. The number of urea groups is 1. The zero-order chi connectivity index (χ0) is 16.8. The van der Waals surface area contributed by atoms with E-state index in [0.29, 0.717) is 6.42 Å². The summed E-state index contributed by atoms with van der Waals surface area (Å²) in [4.78, 5) is 11.7. The van der Waals surface area contributed by atoms with Gasteiger partial charge in [-0.15, -0.1) is 0 Å². The molecule has 0 heterocycles. The summed E-state index contributed by atoms with van der Waals surface area (Å²) in [5.41, 5.74) is -1.56. The topological polar surface area (TPSA) is 61.4 Å². The van der Waals surface area contributed by atoms with E-state index in [9.17, 15) is 23.1 Å². The van der Waals surface area contributed by atoms with Gasteiger partial charge < -0.3 is 15.7 Å². The first kappa shape index (κ1) is 18.6. The van der Waals surface area contributed by atoms with Gasteiger partial charge in [0.25, 0.3) is 0 Å². The molecule has 1 aromatic rings. The number of carbonyl (C=O) groups is 1. The van der Waals surface area contributed by atoms with Crippen molar-refractivity contribution in [2.45, 2.75) is 25.1 Å². The zero-order valence-electron chi connectivity index (χ0n) is 12.3. The second-order valence-electron chi connectivity index (χ2n) is 5.12. The smallest absolute Gasteiger partial charge is 0.388 e. The van der Waals surface area contributed by atoms with E-state index >= 15 is 0 Å². The van der Waals surface area contributed by atoms with Crippen molar-refractivity contribution in [2.75, 3.05) is 23.9 Å². The van der Waals surface area contributed by atoms with E-state index in [1.54, 1.807) is 18.7 Å². The van der Waals surface area contributed by atoms with Gasteiger partial charge in [-0.3, -0.25) is 0 Å². The summed E-state index contributed by atoms with van der Waals surface area (Å²) in [6.07, 6.45) is -1.97. The molecule has 0 aliphatic rings. The van der Waals surface area contributed by atoms with Crippen molar-refractivity contribution in [3.05, 3.63) is 29.8 Å². The third kappa shape index (κ3) is 6.57. The van der Waals surface area contributed by atoms with E-state index in [0.717, 1.165) is 17.9 Å². The number of nitrogens with one attached hydrogen (secondary N) is 2. The molecule has 0 bridgehead atoms. The van der Waals surface area contributed by atoms with E-state index in [1.165, 1.54) is 12.1 Å². The number of carbonyl (C=O) groups excluding carboxylic acids is 1. The summed E-state index contributed by atoms with van der Waals surface area (Å²) in [7, 11) is 0. The number of aliphatic hydroxyl groups is 1. The van der Waals surface area contributed by atoms with E-state index in [4.69, 9.17) is 0 Å². The molecule has 0 aliphatic heterocycles. The zero-order valence-corrected chi connectivity index (χ0v) is 13.1. The summed E-state index contributed by atoms with van der Waals surface area (Å²) in [5.74, 6) is 0.759. The largest absolute Gasteiger partial charge is 0.416 e. The van der Waals surface area contributed by atoms with Crippen molar-refractivity contribution >= 4 is 23.5 Å². The van der Waals surface area contributed by atoms with E-state index in [2.05, 4.69) is 10.6 Å². The van der Waals surface area contributed by atoms with Gasteiger partial charge in [0.15, 0.2) is 0 Å². The van der Waals surface area contributed by atoms with Crippen LogP contribution in [-0.4, -0.2) is 35.3 Å². The Labute approximate surface area is 131 Å². The summed E-state index contributed by atoms with van der Waals surface area (Å²) < 4.78 is 37.2. The highest BCUT2D eigenvalue weighted by Crippen LogP contribution is 2.29. The first-order valence-electron chi connectivity index (χ1n) is 6.57. The maximum Gasteiger partial charge on any atom is 0.416 e. The monoisotopic (exact) mass is 336 g/mol. The molecule has 1 aromatic carbocycles. The molecule has 2 amide bonds. The third-order valence-corrected chi connectivity index (χ3v) is 3.56. The molecular weight excluding hydrogens is 317 g/mol. The van der Waals surface area contributed by atoms with Crippen LogP contribution in [0.25, 0.3) is 0 Å². The molecule has 4 nitrogen and oxygen atoms in total. The molecule has 22 heavy (non-hydrogen) atoms. The Balaban J connectivity index is 2.48. The van der Waals surface area contributed by atoms with Crippen molar-refractivity contribution in [3.8, 4) is 0 Å². The van der Waals surface area contributed by atoms with Crippen molar-refractivity contribution in [1.82, 2.24) is 5.32 Å².